The van der Waals surface area contributed by atoms with Crippen molar-refractivity contribution in [3.8, 4) is 11.3 Å². The van der Waals surface area contributed by atoms with Gasteiger partial charge in [-0.15, -0.1) is 0 Å². The van der Waals surface area contributed by atoms with E-state index < -0.39 is 0 Å². The number of hydrogen-bond acceptors (Lipinski definition) is 6. The summed E-state index contributed by atoms with van der Waals surface area (Å²) in [5.74, 6) is 1.52. The zero-order valence-corrected chi connectivity index (χ0v) is 23.2. The first-order valence-electron chi connectivity index (χ1n) is 13.9. The first kappa shape index (κ1) is 24.9. The number of rotatable bonds is 5. The summed E-state index contributed by atoms with van der Waals surface area (Å²) in [5, 5.41) is 4.40. The number of aryl methyl sites for hydroxylation is 1. The number of aromatic amines is 1. The predicted octanol–water partition coefficient (Wildman–Crippen LogP) is 4.15. The van der Waals surface area contributed by atoms with Gasteiger partial charge in [-0.05, 0) is 75.9 Å². The van der Waals surface area contributed by atoms with Gasteiger partial charge in [0.15, 0.2) is 5.65 Å². The van der Waals surface area contributed by atoms with Crippen molar-refractivity contribution in [3.05, 3.63) is 41.3 Å². The van der Waals surface area contributed by atoms with Crippen LogP contribution in [0, 0.1) is 13.8 Å². The van der Waals surface area contributed by atoms with Crippen molar-refractivity contribution in [3.63, 3.8) is 0 Å². The SMILES string of the molecule is Cc1c(-c2[nH]c3ccc(N4CCN(C(=O)CN5CCCC5)[C@@H](C)C4)nc3c2C(C)C)cn2ncnc2c1C. The van der Waals surface area contributed by atoms with E-state index in [0.29, 0.717) is 6.54 Å². The van der Waals surface area contributed by atoms with Gasteiger partial charge in [0.2, 0.25) is 5.91 Å². The lowest BCUT2D eigenvalue weighted by Gasteiger charge is -2.41. The number of anilines is 1. The Morgan fingerprint density at radius 3 is 2.63 bits per heavy atom. The molecule has 1 amide bonds. The molecule has 2 saturated heterocycles. The highest BCUT2D eigenvalue weighted by atomic mass is 16.2. The molecular formula is C29H38N8O. The van der Waals surface area contributed by atoms with Crippen LogP contribution < -0.4 is 4.90 Å². The molecule has 9 heteroatoms. The number of nitrogens with zero attached hydrogens (tertiary/aromatic N) is 7. The molecule has 0 spiro atoms. The zero-order chi connectivity index (χ0) is 26.6. The molecule has 2 aliphatic heterocycles. The summed E-state index contributed by atoms with van der Waals surface area (Å²) in [6, 6.07) is 4.42. The van der Waals surface area contributed by atoms with E-state index in [-0.39, 0.29) is 17.9 Å². The minimum Gasteiger partial charge on any atom is -0.353 e. The number of amides is 1. The maximum absolute atomic E-state index is 13.0. The van der Waals surface area contributed by atoms with Gasteiger partial charge in [-0.2, -0.15) is 5.10 Å². The Kier molecular flexibility index (Phi) is 6.34. The number of pyridine rings is 2. The lowest BCUT2D eigenvalue weighted by atomic mass is 9.95. The van der Waals surface area contributed by atoms with Crippen LogP contribution in [0.25, 0.3) is 27.9 Å². The van der Waals surface area contributed by atoms with Gasteiger partial charge in [0.25, 0.3) is 0 Å². The summed E-state index contributed by atoms with van der Waals surface area (Å²) >= 11 is 0. The van der Waals surface area contributed by atoms with Crippen LogP contribution in [0.1, 0.15) is 56.2 Å². The van der Waals surface area contributed by atoms with E-state index in [2.05, 4.69) is 82.7 Å². The van der Waals surface area contributed by atoms with E-state index in [4.69, 9.17) is 4.98 Å². The summed E-state index contributed by atoms with van der Waals surface area (Å²) in [6.07, 6.45) is 6.09. The molecule has 0 aliphatic carbocycles. The summed E-state index contributed by atoms with van der Waals surface area (Å²) in [7, 11) is 0. The molecule has 4 aromatic heterocycles. The van der Waals surface area contributed by atoms with Gasteiger partial charge in [-0.25, -0.2) is 14.5 Å². The average Bonchev–Trinajstić information content (AvgIpc) is 3.65. The molecule has 200 valence electrons. The molecule has 0 bridgehead atoms. The van der Waals surface area contributed by atoms with Crippen molar-refractivity contribution in [1.82, 2.24) is 34.4 Å². The number of carbonyl (C=O) groups excluding carboxylic acids is 1. The number of carbonyl (C=O) groups is 1. The molecule has 6 heterocycles. The fourth-order valence-electron chi connectivity index (χ4n) is 6.24. The lowest BCUT2D eigenvalue weighted by Crippen LogP contribution is -2.56. The fraction of sp³-hybridized carbons (Fsp3) is 0.517. The van der Waals surface area contributed by atoms with Crippen LogP contribution in [0.5, 0.6) is 0 Å². The molecular weight excluding hydrogens is 476 g/mol. The third kappa shape index (κ3) is 4.22. The van der Waals surface area contributed by atoms with Crippen LogP contribution in [0.2, 0.25) is 0 Å². The topological polar surface area (TPSA) is 85.7 Å². The third-order valence-corrected chi connectivity index (χ3v) is 8.47. The molecule has 1 N–H and O–H groups in total. The maximum atomic E-state index is 13.0. The summed E-state index contributed by atoms with van der Waals surface area (Å²) < 4.78 is 1.86. The predicted molar refractivity (Wildman–Crippen MR) is 151 cm³/mol. The molecule has 0 aromatic carbocycles. The van der Waals surface area contributed by atoms with Crippen LogP contribution >= 0.6 is 0 Å². The van der Waals surface area contributed by atoms with Crippen molar-refractivity contribution in [1.29, 1.82) is 0 Å². The summed E-state index contributed by atoms with van der Waals surface area (Å²) in [4.78, 5) is 33.0. The van der Waals surface area contributed by atoms with Crippen molar-refractivity contribution < 1.29 is 4.79 Å². The Bertz CT molecular complexity index is 1500. The molecule has 6 rings (SSSR count). The normalized spacial score (nSPS) is 18.9. The van der Waals surface area contributed by atoms with Gasteiger partial charge >= 0.3 is 0 Å². The first-order valence-corrected chi connectivity index (χ1v) is 13.9. The van der Waals surface area contributed by atoms with Gasteiger partial charge in [0, 0.05) is 43.0 Å². The minimum atomic E-state index is 0.155. The number of aromatic nitrogens is 5. The van der Waals surface area contributed by atoms with E-state index in [1.807, 2.05) is 4.52 Å². The fourth-order valence-corrected chi connectivity index (χ4v) is 6.24. The summed E-state index contributed by atoms with van der Waals surface area (Å²) in [5.41, 5.74) is 8.72. The molecule has 2 fully saturated rings. The Hall–Kier alpha value is -3.46. The highest BCUT2D eigenvalue weighted by Gasteiger charge is 2.30. The Morgan fingerprint density at radius 1 is 1.11 bits per heavy atom. The Labute approximate surface area is 223 Å². The van der Waals surface area contributed by atoms with Crippen LogP contribution in [-0.4, -0.2) is 85.6 Å². The minimum absolute atomic E-state index is 0.155. The summed E-state index contributed by atoms with van der Waals surface area (Å²) in [6.45, 7) is 15.8. The van der Waals surface area contributed by atoms with E-state index in [1.54, 1.807) is 6.33 Å². The van der Waals surface area contributed by atoms with Gasteiger partial charge in [-0.3, -0.25) is 9.69 Å². The van der Waals surface area contributed by atoms with Gasteiger partial charge in [0.1, 0.15) is 12.1 Å². The van der Waals surface area contributed by atoms with E-state index in [1.165, 1.54) is 24.0 Å². The Balaban J connectivity index is 1.30. The molecule has 1 atom stereocenters. The molecule has 0 saturated carbocycles. The third-order valence-electron chi connectivity index (χ3n) is 8.47. The van der Waals surface area contributed by atoms with Gasteiger partial charge in [-0.1, -0.05) is 13.8 Å². The molecule has 2 aliphatic rings. The maximum Gasteiger partial charge on any atom is 0.237 e. The van der Waals surface area contributed by atoms with E-state index in [9.17, 15) is 4.79 Å². The number of piperazine rings is 1. The number of nitrogens with one attached hydrogen (secondary N) is 1. The number of fused-ring (bicyclic) bond motifs is 2. The van der Waals surface area contributed by atoms with Crippen molar-refractivity contribution in [2.24, 2.45) is 0 Å². The largest absolute Gasteiger partial charge is 0.353 e. The molecule has 38 heavy (non-hydrogen) atoms. The number of hydrogen-bond donors (Lipinski definition) is 1. The van der Waals surface area contributed by atoms with E-state index >= 15 is 0 Å². The molecule has 0 radical (unpaired) electrons. The highest BCUT2D eigenvalue weighted by molar-refractivity contribution is 5.90. The van der Waals surface area contributed by atoms with Crippen LogP contribution in [-0.2, 0) is 4.79 Å². The first-order chi connectivity index (χ1) is 18.3. The van der Waals surface area contributed by atoms with Crippen molar-refractivity contribution in [2.45, 2.75) is 59.4 Å². The zero-order valence-electron chi connectivity index (χ0n) is 23.2. The second-order valence-corrected chi connectivity index (χ2v) is 11.3. The smallest absolute Gasteiger partial charge is 0.237 e. The van der Waals surface area contributed by atoms with Gasteiger partial charge < -0.3 is 14.8 Å². The molecule has 9 nitrogen and oxygen atoms in total. The van der Waals surface area contributed by atoms with Crippen molar-refractivity contribution >= 4 is 28.4 Å². The van der Waals surface area contributed by atoms with E-state index in [0.717, 1.165) is 72.0 Å². The Morgan fingerprint density at radius 2 is 1.89 bits per heavy atom. The molecule has 0 unspecified atom stereocenters. The van der Waals surface area contributed by atoms with Crippen LogP contribution in [0.4, 0.5) is 5.82 Å². The van der Waals surface area contributed by atoms with Crippen LogP contribution in [0.3, 0.4) is 0 Å². The number of likely N-dealkylation sites (tertiary alicyclic amines) is 1. The molecule has 4 aromatic rings. The average molecular weight is 515 g/mol. The van der Waals surface area contributed by atoms with Crippen LogP contribution in [0.15, 0.2) is 24.7 Å². The standard InChI is InChI=1S/C29H38N8O/c1-18(2)26-27(22-15-37-29(30-17-31-37)21(5)20(22)4)32-23-8-9-24(33-28(23)26)35-12-13-36(19(3)14-35)25(38)16-34-10-6-7-11-34/h8-9,15,17-19,32H,6-7,10-14,16H2,1-5H3/t19-/m0/s1. The van der Waals surface area contributed by atoms with Gasteiger partial charge in [0.05, 0.1) is 23.3 Å². The second kappa shape index (κ2) is 9.69. The number of H-pyrrole nitrogens is 1. The van der Waals surface area contributed by atoms with Crippen molar-refractivity contribution in [2.75, 3.05) is 44.2 Å². The lowest BCUT2D eigenvalue weighted by molar-refractivity contribution is -0.134. The second-order valence-electron chi connectivity index (χ2n) is 11.3. The quantitative estimate of drug-likeness (QED) is 0.431. The monoisotopic (exact) mass is 514 g/mol. The highest BCUT2D eigenvalue weighted by Crippen LogP contribution is 2.38.